The molecule has 2 aliphatic heterocycles. The summed E-state index contributed by atoms with van der Waals surface area (Å²) < 4.78 is 0. The Hall–Kier alpha value is -2.38. The van der Waals surface area contributed by atoms with Crippen molar-refractivity contribution in [3.05, 3.63) is 17.7 Å². The van der Waals surface area contributed by atoms with Crippen LogP contribution in [0.15, 0.2) is 6.33 Å². The summed E-state index contributed by atoms with van der Waals surface area (Å²) in [5.74, 6) is -0.434. The van der Waals surface area contributed by atoms with Crippen molar-refractivity contribution in [1.29, 1.82) is 0 Å². The van der Waals surface area contributed by atoms with Gasteiger partial charge in [0.25, 0.3) is 5.91 Å². The number of hydrogen-bond donors (Lipinski definition) is 2. The highest BCUT2D eigenvalue weighted by molar-refractivity contribution is 6.05. The van der Waals surface area contributed by atoms with Crippen LogP contribution < -0.4 is 5.32 Å². The molecule has 8 nitrogen and oxygen atoms in total. The van der Waals surface area contributed by atoms with Crippen molar-refractivity contribution in [1.82, 2.24) is 25.1 Å². The smallest absolute Gasteiger partial charge is 0.324 e. The second kappa shape index (κ2) is 5.78. The standard InChI is InChI=1S/C14H19N5O3/c1-2-4-19-13(21)10(17-14(19)22)6-12(20)18-5-3-9-11(7-18)16-8-15-9/h8,10H,2-7H2,1H3,(H,15,16)(H,17,22)/t10-/m0/s1. The summed E-state index contributed by atoms with van der Waals surface area (Å²) in [6, 6.07) is -1.14. The zero-order valence-electron chi connectivity index (χ0n) is 12.5. The molecule has 0 saturated carbocycles. The van der Waals surface area contributed by atoms with Crippen LogP contribution in [0.2, 0.25) is 0 Å². The van der Waals surface area contributed by atoms with Gasteiger partial charge in [0.15, 0.2) is 0 Å². The van der Waals surface area contributed by atoms with Crippen LogP contribution in [0.1, 0.15) is 31.2 Å². The molecule has 1 fully saturated rings. The number of carbonyl (C=O) groups excluding carboxylic acids is 3. The average molecular weight is 305 g/mol. The van der Waals surface area contributed by atoms with Gasteiger partial charge in [0, 0.05) is 19.5 Å². The molecule has 2 aliphatic rings. The number of fused-ring (bicyclic) bond motifs is 1. The summed E-state index contributed by atoms with van der Waals surface area (Å²) in [5, 5.41) is 2.59. The van der Waals surface area contributed by atoms with E-state index in [0.29, 0.717) is 32.5 Å². The number of urea groups is 1. The van der Waals surface area contributed by atoms with Gasteiger partial charge in [-0.15, -0.1) is 0 Å². The number of hydrogen-bond acceptors (Lipinski definition) is 4. The molecule has 118 valence electrons. The predicted molar refractivity (Wildman–Crippen MR) is 76.6 cm³/mol. The predicted octanol–water partition coefficient (Wildman–Crippen LogP) is 0.0149. The number of nitrogens with zero attached hydrogens (tertiary/aromatic N) is 3. The molecule has 22 heavy (non-hydrogen) atoms. The molecule has 4 amide bonds. The molecule has 0 aromatic carbocycles. The number of carbonyl (C=O) groups is 3. The highest BCUT2D eigenvalue weighted by Gasteiger charge is 2.39. The van der Waals surface area contributed by atoms with Crippen LogP contribution in [-0.2, 0) is 22.6 Å². The van der Waals surface area contributed by atoms with E-state index in [1.165, 1.54) is 4.90 Å². The third-order valence-corrected chi connectivity index (χ3v) is 4.06. The molecule has 0 bridgehead atoms. The first-order chi connectivity index (χ1) is 10.6. The van der Waals surface area contributed by atoms with Crippen molar-refractivity contribution >= 4 is 17.8 Å². The summed E-state index contributed by atoms with van der Waals surface area (Å²) in [6.07, 6.45) is 3.04. The minimum Gasteiger partial charge on any atom is -0.347 e. The van der Waals surface area contributed by atoms with Crippen molar-refractivity contribution in [3.63, 3.8) is 0 Å². The van der Waals surface area contributed by atoms with E-state index in [-0.39, 0.29) is 18.2 Å². The van der Waals surface area contributed by atoms with Gasteiger partial charge >= 0.3 is 6.03 Å². The maximum Gasteiger partial charge on any atom is 0.324 e. The van der Waals surface area contributed by atoms with Gasteiger partial charge in [-0.1, -0.05) is 6.92 Å². The number of imidazole rings is 1. The fourth-order valence-electron chi connectivity index (χ4n) is 2.88. The van der Waals surface area contributed by atoms with Gasteiger partial charge in [-0.2, -0.15) is 0 Å². The first kappa shape index (κ1) is 14.6. The number of aromatic amines is 1. The molecule has 3 heterocycles. The van der Waals surface area contributed by atoms with Crippen LogP contribution in [0, 0.1) is 0 Å². The number of amides is 4. The number of H-pyrrole nitrogens is 1. The van der Waals surface area contributed by atoms with Gasteiger partial charge in [0.05, 0.1) is 30.7 Å². The Labute approximate surface area is 127 Å². The van der Waals surface area contributed by atoms with Crippen LogP contribution in [-0.4, -0.2) is 56.7 Å². The molecule has 1 aromatic heterocycles. The zero-order chi connectivity index (χ0) is 15.7. The number of nitrogens with one attached hydrogen (secondary N) is 2. The Morgan fingerprint density at radius 2 is 2.27 bits per heavy atom. The monoisotopic (exact) mass is 305 g/mol. The molecule has 1 aromatic rings. The maximum absolute atomic E-state index is 12.4. The molecule has 3 rings (SSSR count). The molecule has 0 unspecified atom stereocenters. The third-order valence-electron chi connectivity index (χ3n) is 4.06. The normalized spacial score (nSPS) is 21.0. The molecule has 8 heteroatoms. The molecule has 0 radical (unpaired) electrons. The van der Waals surface area contributed by atoms with Crippen molar-refractivity contribution in [2.75, 3.05) is 13.1 Å². The average Bonchev–Trinajstić information content (AvgIpc) is 3.07. The van der Waals surface area contributed by atoms with Crippen LogP contribution in [0.4, 0.5) is 4.79 Å². The molecule has 0 aliphatic carbocycles. The van der Waals surface area contributed by atoms with E-state index in [9.17, 15) is 14.4 Å². The first-order valence-corrected chi connectivity index (χ1v) is 7.51. The summed E-state index contributed by atoms with van der Waals surface area (Å²) in [6.45, 7) is 3.34. The lowest BCUT2D eigenvalue weighted by atomic mass is 10.1. The third kappa shape index (κ3) is 2.56. The van der Waals surface area contributed by atoms with Crippen molar-refractivity contribution in [2.45, 2.75) is 38.8 Å². The van der Waals surface area contributed by atoms with Gasteiger partial charge in [-0.25, -0.2) is 9.78 Å². The van der Waals surface area contributed by atoms with Gasteiger partial charge in [0.1, 0.15) is 6.04 Å². The largest absolute Gasteiger partial charge is 0.347 e. The van der Waals surface area contributed by atoms with Crippen LogP contribution in [0.25, 0.3) is 0 Å². The van der Waals surface area contributed by atoms with Gasteiger partial charge < -0.3 is 15.2 Å². The summed E-state index contributed by atoms with van der Waals surface area (Å²) in [4.78, 5) is 46.3. The SMILES string of the molecule is CCCN1C(=O)N[C@@H](CC(=O)N2CCc3nc[nH]c3C2)C1=O. The first-order valence-electron chi connectivity index (χ1n) is 7.51. The summed E-state index contributed by atoms with van der Waals surface area (Å²) in [5.41, 5.74) is 1.93. The van der Waals surface area contributed by atoms with E-state index >= 15 is 0 Å². The zero-order valence-corrected chi connectivity index (χ0v) is 12.5. The van der Waals surface area contributed by atoms with E-state index in [0.717, 1.165) is 11.4 Å². The number of imide groups is 1. The lowest BCUT2D eigenvalue weighted by Gasteiger charge is -2.27. The van der Waals surface area contributed by atoms with E-state index in [1.54, 1.807) is 11.2 Å². The molecule has 1 saturated heterocycles. The Bertz CT molecular complexity index is 611. The Kier molecular flexibility index (Phi) is 3.82. The lowest BCUT2D eigenvalue weighted by Crippen LogP contribution is -2.41. The fourth-order valence-corrected chi connectivity index (χ4v) is 2.88. The highest BCUT2D eigenvalue weighted by Crippen LogP contribution is 2.17. The molecule has 2 N–H and O–H groups in total. The second-order valence-corrected chi connectivity index (χ2v) is 5.59. The topological polar surface area (TPSA) is 98.4 Å². The molecular weight excluding hydrogens is 286 g/mol. The number of rotatable bonds is 4. The van der Waals surface area contributed by atoms with Crippen LogP contribution >= 0.6 is 0 Å². The fraction of sp³-hybridized carbons (Fsp3) is 0.571. The summed E-state index contributed by atoms with van der Waals surface area (Å²) in [7, 11) is 0. The lowest BCUT2D eigenvalue weighted by molar-refractivity contribution is -0.136. The van der Waals surface area contributed by atoms with Gasteiger partial charge in [-0.3, -0.25) is 14.5 Å². The Balaban J connectivity index is 1.61. The van der Waals surface area contributed by atoms with Gasteiger partial charge in [-0.05, 0) is 6.42 Å². The minimum atomic E-state index is -0.741. The minimum absolute atomic E-state index is 0.00819. The van der Waals surface area contributed by atoms with Gasteiger partial charge in [0.2, 0.25) is 5.91 Å². The second-order valence-electron chi connectivity index (χ2n) is 5.59. The molecule has 1 atom stereocenters. The number of aromatic nitrogens is 2. The van der Waals surface area contributed by atoms with E-state index in [4.69, 9.17) is 0 Å². The Morgan fingerprint density at radius 1 is 1.45 bits per heavy atom. The van der Waals surface area contributed by atoms with E-state index in [1.807, 2.05) is 6.92 Å². The quantitative estimate of drug-likeness (QED) is 0.766. The summed E-state index contributed by atoms with van der Waals surface area (Å²) >= 11 is 0. The molecular formula is C14H19N5O3. The van der Waals surface area contributed by atoms with E-state index < -0.39 is 12.1 Å². The van der Waals surface area contributed by atoms with Crippen molar-refractivity contribution in [2.24, 2.45) is 0 Å². The van der Waals surface area contributed by atoms with Crippen LogP contribution in [0.5, 0.6) is 0 Å². The highest BCUT2D eigenvalue weighted by atomic mass is 16.2. The maximum atomic E-state index is 12.4. The van der Waals surface area contributed by atoms with Crippen molar-refractivity contribution < 1.29 is 14.4 Å². The molecule has 0 spiro atoms. The van der Waals surface area contributed by atoms with E-state index in [2.05, 4.69) is 15.3 Å². The van der Waals surface area contributed by atoms with Crippen LogP contribution in [0.3, 0.4) is 0 Å². The Morgan fingerprint density at radius 3 is 3.05 bits per heavy atom. The van der Waals surface area contributed by atoms with Crippen molar-refractivity contribution in [3.8, 4) is 0 Å².